The van der Waals surface area contributed by atoms with Gasteiger partial charge in [-0.3, -0.25) is 0 Å². The molecule has 1 aliphatic rings. The monoisotopic (exact) mass is 258 g/mol. The molecular weight excluding hydrogens is 228 g/mol. The van der Waals surface area contributed by atoms with Crippen LogP contribution < -0.4 is 0 Å². The highest BCUT2D eigenvalue weighted by Gasteiger charge is 2.44. The lowest BCUT2D eigenvalue weighted by molar-refractivity contribution is 0.0446. The fourth-order valence-electron chi connectivity index (χ4n) is 2.36. The molecule has 0 aliphatic heterocycles. The van der Waals surface area contributed by atoms with Gasteiger partial charge in [-0.1, -0.05) is 27.7 Å². The maximum Gasteiger partial charge on any atom is 0.192 e. The summed E-state index contributed by atoms with van der Waals surface area (Å²) in [6.45, 7) is 16.4. The van der Waals surface area contributed by atoms with Crippen LogP contribution in [0.1, 0.15) is 53.9 Å². The Morgan fingerprint density at radius 2 is 1.71 bits per heavy atom. The second kappa shape index (κ2) is 4.36. The first-order valence-electron chi connectivity index (χ1n) is 6.73. The molecule has 0 unspecified atom stereocenters. The smallest absolute Gasteiger partial charge is 0.192 e. The van der Waals surface area contributed by atoms with Crippen LogP contribution in [0.3, 0.4) is 0 Å². The van der Waals surface area contributed by atoms with Gasteiger partial charge in [0.1, 0.15) is 0 Å². The predicted octanol–water partition coefficient (Wildman–Crippen LogP) is 3.95. The van der Waals surface area contributed by atoms with Crippen LogP contribution in [0.5, 0.6) is 0 Å². The van der Waals surface area contributed by atoms with Crippen molar-refractivity contribution in [2.45, 2.75) is 77.6 Å². The highest BCUT2D eigenvalue weighted by Crippen LogP contribution is 2.45. The molecule has 1 saturated carbocycles. The largest absolute Gasteiger partial charge is 0.416 e. The zero-order valence-electron chi connectivity index (χ0n) is 12.7. The molecule has 0 radical (unpaired) electrons. The molecule has 0 spiro atoms. The van der Waals surface area contributed by atoms with Crippen LogP contribution in [0.4, 0.5) is 0 Å². The summed E-state index contributed by atoms with van der Waals surface area (Å²) in [5.41, 5.74) is -0.315. The normalized spacial score (nSPS) is 35.3. The second-order valence-electron chi connectivity index (χ2n) is 8.03. The van der Waals surface area contributed by atoms with Crippen LogP contribution >= 0.6 is 0 Å². The minimum atomic E-state index is -1.65. The quantitative estimate of drug-likeness (QED) is 0.777. The van der Waals surface area contributed by atoms with E-state index < -0.39 is 13.9 Å². The van der Waals surface area contributed by atoms with Gasteiger partial charge in [0.15, 0.2) is 8.32 Å². The van der Waals surface area contributed by atoms with Gasteiger partial charge in [0.05, 0.1) is 5.60 Å². The van der Waals surface area contributed by atoms with E-state index in [1.54, 1.807) is 0 Å². The molecule has 1 rings (SSSR count). The minimum Gasteiger partial charge on any atom is -0.416 e. The predicted molar refractivity (Wildman–Crippen MR) is 75.7 cm³/mol. The molecule has 1 fully saturated rings. The molecule has 0 bridgehead atoms. The summed E-state index contributed by atoms with van der Waals surface area (Å²) in [4.78, 5) is 0. The molecule has 17 heavy (non-hydrogen) atoms. The summed E-state index contributed by atoms with van der Waals surface area (Å²) in [5.74, 6) is 0. The molecule has 2 atom stereocenters. The van der Waals surface area contributed by atoms with E-state index >= 15 is 0 Å². The lowest BCUT2D eigenvalue weighted by Gasteiger charge is -2.39. The van der Waals surface area contributed by atoms with E-state index in [9.17, 15) is 5.11 Å². The topological polar surface area (TPSA) is 29.5 Å². The Kier molecular flexibility index (Phi) is 3.89. The molecule has 1 N–H and O–H groups in total. The summed E-state index contributed by atoms with van der Waals surface area (Å²) >= 11 is 0. The second-order valence-corrected chi connectivity index (χ2v) is 12.8. The standard InChI is InChI=1S/C14H30O2Si/c1-12(2,3)17(6,7)16-11-13(4)8-9-14(5,15)10-13/h15H,8-11H2,1-7H3/t13-,14+/m1/s1. The number of aliphatic hydroxyl groups is 1. The SMILES string of the molecule is CC(C)(C)[Si](C)(C)OC[C@]1(C)CC[C@](C)(O)C1. The van der Waals surface area contributed by atoms with Gasteiger partial charge in [-0.2, -0.15) is 0 Å². The van der Waals surface area contributed by atoms with Crippen molar-refractivity contribution in [1.82, 2.24) is 0 Å². The van der Waals surface area contributed by atoms with Gasteiger partial charge in [0, 0.05) is 6.61 Å². The van der Waals surface area contributed by atoms with Crippen LogP contribution in [0.25, 0.3) is 0 Å². The van der Waals surface area contributed by atoms with E-state index in [4.69, 9.17) is 4.43 Å². The molecule has 0 aromatic rings. The molecule has 0 aromatic heterocycles. The van der Waals surface area contributed by atoms with Crippen molar-refractivity contribution in [3.8, 4) is 0 Å². The van der Waals surface area contributed by atoms with E-state index in [1.807, 2.05) is 6.92 Å². The van der Waals surface area contributed by atoms with Gasteiger partial charge in [-0.25, -0.2) is 0 Å². The van der Waals surface area contributed by atoms with Gasteiger partial charge in [0.2, 0.25) is 0 Å². The highest BCUT2D eigenvalue weighted by molar-refractivity contribution is 6.74. The number of rotatable bonds is 3. The van der Waals surface area contributed by atoms with Gasteiger partial charge < -0.3 is 9.53 Å². The van der Waals surface area contributed by atoms with Crippen molar-refractivity contribution >= 4 is 8.32 Å². The Hall–Kier alpha value is 0.137. The molecule has 0 amide bonds. The summed E-state index contributed by atoms with van der Waals surface area (Å²) in [6.07, 6.45) is 2.85. The first kappa shape index (κ1) is 15.2. The molecular formula is C14H30O2Si. The summed E-state index contributed by atoms with van der Waals surface area (Å²) in [5, 5.41) is 10.3. The van der Waals surface area contributed by atoms with Gasteiger partial charge in [0.25, 0.3) is 0 Å². The van der Waals surface area contributed by atoms with Crippen molar-refractivity contribution in [2.24, 2.45) is 5.41 Å². The number of hydrogen-bond donors (Lipinski definition) is 1. The van der Waals surface area contributed by atoms with Crippen LogP contribution in [-0.4, -0.2) is 25.6 Å². The Bertz CT molecular complexity index is 278. The third-order valence-electron chi connectivity index (χ3n) is 4.66. The fraction of sp³-hybridized carbons (Fsp3) is 1.00. The lowest BCUT2D eigenvalue weighted by atomic mass is 9.88. The third-order valence-corrected chi connectivity index (χ3v) is 9.14. The van der Waals surface area contributed by atoms with E-state index in [0.717, 1.165) is 25.9 Å². The molecule has 1 aliphatic carbocycles. The van der Waals surface area contributed by atoms with Gasteiger partial charge in [-0.05, 0) is 49.7 Å². The van der Waals surface area contributed by atoms with Crippen molar-refractivity contribution < 1.29 is 9.53 Å². The third kappa shape index (κ3) is 3.80. The summed E-state index contributed by atoms with van der Waals surface area (Å²) < 4.78 is 6.30. The average molecular weight is 258 g/mol. The number of hydrogen-bond acceptors (Lipinski definition) is 2. The highest BCUT2D eigenvalue weighted by atomic mass is 28.4. The molecule has 0 heterocycles. The Morgan fingerprint density at radius 3 is 2.06 bits per heavy atom. The first-order valence-corrected chi connectivity index (χ1v) is 9.64. The van der Waals surface area contributed by atoms with Crippen LogP contribution in [0.2, 0.25) is 18.1 Å². The first-order chi connectivity index (χ1) is 7.37. The summed E-state index contributed by atoms with van der Waals surface area (Å²) in [7, 11) is -1.65. The van der Waals surface area contributed by atoms with E-state index in [-0.39, 0.29) is 10.5 Å². The van der Waals surface area contributed by atoms with Crippen molar-refractivity contribution in [2.75, 3.05) is 6.61 Å². The Balaban J connectivity index is 2.58. The Labute approximate surface area is 108 Å². The molecule has 3 heteroatoms. The molecule has 102 valence electrons. The van der Waals surface area contributed by atoms with E-state index in [1.165, 1.54) is 0 Å². The zero-order chi connectivity index (χ0) is 13.5. The molecule has 0 saturated heterocycles. The summed E-state index contributed by atoms with van der Waals surface area (Å²) in [6, 6.07) is 0. The Morgan fingerprint density at radius 1 is 1.18 bits per heavy atom. The van der Waals surface area contributed by atoms with Crippen LogP contribution in [0.15, 0.2) is 0 Å². The van der Waals surface area contributed by atoms with Crippen LogP contribution in [0, 0.1) is 5.41 Å². The van der Waals surface area contributed by atoms with Crippen molar-refractivity contribution in [3.63, 3.8) is 0 Å². The van der Waals surface area contributed by atoms with Crippen molar-refractivity contribution in [1.29, 1.82) is 0 Å². The fourth-order valence-corrected chi connectivity index (χ4v) is 3.50. The van der Waals surface area contributed by atoms with Gasteiger partial charge in [-0.15, -0.1) is 0 Å². The van der Waals surface area contributed by atoms with Crippen molar-refractivity contribution in [3.05, 3.63) is 0 Å². The van der Waals surface area contributed by atoms with Crippen LogP contribution in [-0.2, 0) is 4.43 Å². The molecule has 0 aromatic carbocycles. The lowest BCUT2D eigenvalue weighted by Crippen LogP contribution is -2.43. The van der Waals surface area contributed by atoms with E-state index in [0.29, 0.717) is 0 Å². The van der Waals surface area contributed by atoms with E-state index in [2.05, 4.69) is 40.8 Å². The average Bonchev–Trinajstić information content (AvgIpc) is 2.37. The molecule has 2 nitrogen and oxygen atoms in total. The van der Waals surface area contributed by atoms with Gasteiger partial charge >= 0.3 is 0 Å². The zero-order valence-corrected chi connectivity index (χ0v) is 13.7. The maximum atomic E-state index is 10.1. The minimum absolute atomic E-state index is 0.166. The maximum absolute atomic E-state index is 10.1.